The first-order valence-electron chi connectivity index (χ1n) is 9.52. The van der Waals surface area contributed by atoms with E-state index in [-0.39, 0.29) is 16.5 Å². The maximum absolute atomic E-state index is 12.5. The third-order valence-corrected chi connectivity index (χ3v) is 5.31. The van der Waals surface area contributed by atoms with E-state index in [1.54, 1.807) is 48.5 Å². The topological polar surface area (TPSA) is 106 Å². The molecule has 0 heterocycles. The zero-order chi connectivity index (χ0) is 24.7. The molecule has 0 bridgehead atoms. The summed E-state index contributed by atoms with van der Waals surface area (Å²) in [6.45, 7) is 0. The number of ether oxygens (including phenoxy) is 2. The molecule has 0 saturated heterocycles. The van der Waals surface area contributed by atoms with E-state index in [0.717, 1.165) is 0 Å². The average Bonchev–Trinajstić information content (AvgIpc) is 2.82. The van der Waals surface area contributed by atoms with Crippen molar-refractivity contribution in [3.8, 4) is 11.5 Å². The number of halogens is 3. The SMILES string of the molecule is COc1ccc(C(=O)Oc2ccc(Br)cc2/C=N\NC(=O)C(=O)Nc2cc(Cl)ccc2Cl)cc1. The lowest BCUT2D eigenvalue weighted by atomic mass is 10.2. The molecule has 0 aromatic heterocycles. The maximum atomic E-state index is 12.5. The lowest BCUT2D eigenvalue weighted by Gasteiger charge is -2.09. The van der Waals surface area contributed by atoms with Gasteiger partial charge in [0.15, 0.2) is 0 Å². The van der Waals surface area contributed by atoms with Crippen LogP contribution in [0, 0.1) is 0 Å². The highest BCUT2D eigenvalue weighted by molar-refractivity contribution is 9.10. The zero-order valence-electron chi connectivity index (χ0n) is 17.5. The molecule has 8 nitrogen and oxygen atoms in total. The van der Waals surface area contributed by atoms with E-state index in [0.29, 0.717) is 26.4 Å². The molecule has 0 aliphatic heterocycles. The van der Waals surface area contributed by atoms with Crippen molar-refractivity contribution in [3.63, 3.8) is 0 Å². The highest BCUT2D eigenvalue weighted by atomic mass is 79.9. The molecule has 11 heteroatoms. The summed E-state index contributed by atoms with van der Waals surface area (Å²) in [6, 6.07) is 15.7. The van der Waals surface area contributed by atoms with E-state index in [2.05, 4.69) is 31.8 Å². The zero-order valence-corrected chi connectivity index (χ0v) is 20.6. The number of nitrogens with zero attached hydrogens (tertiary/aromatic N) is 1. The molecule has 0 fully saturated rings. The highest BCUT2D eigenvalue weighted by Gasteiger charge is 2.15. The molecule has 2 amide bonds. The number of carbonyl (C=O) groups is 3. The Morgan fingerprint density at radius 1 is 0.971 bits per heavy atom. The fourth-order valence-electron chi connectivity index (χ4n) is 2.58. The Kier molecular flexibility index (Phi) is 8.64. The third-order valence-electron chi connectivity index (χ3n) is 4.25. The Morgan fingerprint density at radius 2 is 1.71 bits per heavy atom. The lowest BCUT2D eigenvalue weighted by Crippen LogP contribution is -2.32. The first-order valence-corrected chi connectivity index (χ1v) is 11.1. The minimum Gasteiger partial charge on any atom is -0.497 e. The molecule has 0 unspecified atom stereocenters. The predicted octanol–water partition coefficient (Wildman–Crippen LogP) is 5.07. The molecule has 0 aliphatic carbocycles. The number of methoxy groups -OCH3 is 1. The van der Waals surface area contributed by atoms with Gasteiger partial charge >= 0.3 is 17.8 Å². The number of hydrogen-bond donors (Lipinski definition) is 2. The Bertz CT molecular complexity index is 1270. The number of amides is 2. The van der Waals surface area contributed by atoms with Crippen molar-refractivity contribution >= 4 is 68.8 Å². The number of anilines is 1. The van der Waals surface area contributed by atoms with E-state index in [1.165, 1.54) is 25.5 Å². The molecule has 0 saturated carbocycles. The number of carbonyl (C=O) groups excluding carboxylic acids is 3. The summed E-state index contributed by atoms with van der Waals surface area (Å²) in [7, 11) is 1.52. The predicted molar refractivity (Wildman–Crippen MR) is 133 cm³/mol. The van der Waals surface area contributed by atoms with Crippen LogP contribution in [-0.2, 0) is 9.59 Å². The molecule has 174 valence electrons. The van der Waals surface area contributed by atoms with Gasteiger partial charge in [-0.05, 0) is 60.7 Å². The molecule has 3 aromatic carbocycles. The van der Waals surface area contributed by atoms with Gasteiger partial charge in [0.05, 0.1) is 29.6 Å². The lowest BCUT2D eigenvalue weighted by molar-refractivity contribution is -0.136. The van der Waals surface area contributed by atoms with Crippen LogP contribution in [0.5, 0.6) is 11.5 Å². The van der Waals surface area contributed by atoms with Crippen LogP contribution in [0.3, 0.4) is 0 Å². The van der Waals surface area contributed by atoms with Gasteiger partial charge < -0.3 is 14.8 Å². The monoisotopic (exact) mass is 563 g/mol. The van der Waals surface area contributed by atoms with Crippen molar-refractivity contribution in [3.05, 3.63) is 86.3 Å². The van der Waals surface area contributed by atoms with Crippen LogP contribution >= 0.6 is 39.1 Å². The van der Waals surface area contributed by atoms with Gasteiger partial charge in [-0.1, -0.05) is 39.1 Å². The highest BCUT2D eigenvalue weighted by Crippen LogP contribution is 2.25. The molecular weight excluding hydrogens is 549 g/mol. The number of hydrazone groups is 1. The summed E-state index contributed by atoms with van der Waals surface area (Å²) in [5.74, 6) is -1.84. The summed E-state index contributed by atoms with van der Waals surface area (Å²) in [5.41, 5.74) is 2.97. The summed E-state index contributed by atoms with van der Waals surface area (Å²) >= 11 is 15.2. The number of hydrogen-bond acceptors (Lipinski definition) is 6. The van der Waals surface area contributed by atoms with Gasteiger partial charge in [-0.3, -0.25) is 9.59 Å². The molecule has 0 spiro atoms. The Morgan fingerprint density at radius 3 is 2.41 bits per heavy atom. The fraction of sp³-hybridized carbons (Fsp3) is 0.0435. The molecular formula is C23H16BrCl2N3O5. The molecule has 3 aromatic rings. The Balaban J connectivity index is 1.67. The minimum absolute atomic E-state index is 0.179. The van der Waals surface area contributed by atoms with Gasteiger partial charge in [-0.25, -0.2) is 10.2 Å². The molecule has 34 heavy (non-hydrogen) atoms. The van der Waals surface area contributed by atoms with E-state index < -0.39 is 17.8 Å². The van der Waals surface area contributed by atoms with Crippen molar-refractivity contribution in [2.24, 2.45) is 5.10 Å². The second-order valence-electron chi connectivity index (χ2n) is 6.58. The number of nitrogens with one attached hydrogen (secondary N) is 2. The van der Waals surface area contributed by atoms with Crippen LogP contribution in [0.4, 0.5) is 5.69 Å². The van der Waals surface area contributed by atoms with Crippen LogP contribution in [-0.4, -0.2) is 31.1 Å². The third kappa shape index (κ3) is 6.80. The second kappa shape index (κ2) is 11.6. The Hall–Kier alpha value is -3.40. The van der Waals surface area contributed by atoms with Gasteiger partial charge in [0.25, 0.3) is 0 Å². The summed E-state index contributed by atoms with van der Waals surface area (Å²) < 4.78 is 11.2. The van der Waals surface area contributed by atoms with Gasteiger partial charge in [-0.2, -0.15) is 5.10 Å². The van der Waals surface area contributed by atoms with Crippen LogP contribution in [0.15, 0.2) is 70.2 Å². The van der Waals surface area contributed by atoms with Gasteiger partial charge in [0.2, 0.25) is 0 Å². The molecule has 0 atom stereocenters. The fourth-order valence-corrected chi connectivity index (χ4v) is 3.30. The van der Waals surface area contributed by atoms with E-state index in [4.69, 9.17) is 32.7 Å². The van der Waals surface area contributed by atoms with Crippen molar-refractivity contribution in [2.45, 2.75) is 0 Å². The van der Waals surface area contributed by atoms with E-state index in [9.17, 15) is 14.4 Å². The molecule has 0 radical (unpaired) electrons. The summed E-state index contributed by atoms with van der Waals surface area (Å²) in [6.07, 6.45) is 1.24. The Labute approximate surface area is 213 Å². The second-order valence-corrected chi connectivity index (χ2v) is 8.34. The molecule has 0 aliphatic rings. The van der Waals surface area contributed by atoms with Crippen LogP contribution < -0.4 is 20.2 Å². The van der Waals surface area contributed by atoms with Crippen molar-refractivity contribution in [1.82, 2.24) is 5.43 Å². The first kappa shape index (κ1) is 25.2. The number of benzene rings is 3. The largest absolute Gasteiger partial charge is 0.497 e. The van der Waals surface area contributed by atoms with Gasteiger partial charge in [-0.15, -0.1) is 0 Å². The number of rotatable bonds is 6. The van der Waals surface area contributed by atoms with Crippen LogP contribution in [0.25, 0.3) is 0 Å². The number of esters is 1. The summed E-state index contributed by atoms with van der Waals surface area (Å²) in [4.78, 5) is 36.7. The van der Waals surface area contributed by atoms with Crippen molar-refractivity contribution in [1.29, 1.82) is 0 Å². The average molecular weight is 565 g/mol. The first-order chi connectivity index (χ1) is 16.3. The maximum Gasteiger partial charge on any atom is 0.343 e. The van der Waals surface area contributed by atoms with E-state index in [1.807, 2.05) is 0 Å². The smallest absolute Gasteiger partial charge is 0.343 e. The standard InChI is InChI=1S/C23H16BrCl2N3O5/c1-33-17-6-2-13(3-7-17)23(32)34-20-9-4-15(24)10-14(20)12-27-29-22(31)21(30)28-19-11-16(25)5-8-18(19)26/h2-12H,1H3,(H,28,30)(H,29,31)/b27-12-. The van der Waals surface area contributed by atoms with Crippen molar-refractivity contribution < 1.29 is 23.9 Å². The minimum atomic E-state index is -1.04. The van der Waals surface area contributed by atoms with Crippen LogP contribution in [0.1, 0.15) is 15.9 Å². The van der Waals surface area contributed by atoms with Gasteiger partial charge in [0.1, 0.15) is 11.5 Å². The molecule has 2 N–H and O–H groups in total. The van der Waals surface area contributed by atoms with Crippen molar-refractivity contribution in [2.75, 3.05) is 12.4 Å². The quantitative estimate of drug-likeness (QED) is 0.143. The van der Waals surface area contributed by atoms with Gasteiger partial charge in [0, 0.05) is 15.1 Å². The normalized spacial score (nSPS) is 10.6. The van der Waals surface area contributed by atoms with Crippen LogP contribution in [0.2, 0.25) is 10.0 Å². The molecule has 3 rings (SSSR count). The summed E-state index contributed by atoms with van der Waals surface area (Å²) in [5, 5.41) is 6.67. The van der Waals surface area contributed by atoms with E-state index >= 15 is 0 Å².